The summed E-state index contributed by atoms with van der Waals surface area (Å²) in [5.41, 5.74) is 0. The second-order valence-electron chi connectivity index (χ2n) is 2.77. The highest BCUT2D eigenvalue weighted by atomic mass is 16.7. The molecule has 0 fully saturated rings. The SMILES string of the molecule is CC/C=C\C/C=C\C=C\C(OC)OC. The molecular weight excluding hydrogens is 176 g/mol. The number of allylic oxidation sites excluding steroid dienone is 5. The molecule has 0 radical (unpaired) electrons. The van der Waals surface area contributed by atoms with Gasteiger partial charge in [0.25, 0.3) is 0 Å². The van der Waals surface area contributed by atoms with Gasteiger partial charge in [0.15, 0.2) is 6.29 Å². The van der Waals surface area contributed by atoms with E-state index in [2.05, 4.69) is 25.2 Å². The van der Waals surface area contributed by atoms with Crippen LogP contribution in [0.1, 0.15) is 19.8 Å². The molecule has 0 aliphatic rings. The van der Waals surface area contributed by atoms with Crippen LogP contribution in [0.25, 0.3) is 0 Å². The van der Waals surface area contributed by atoms with Crippen LogP contribution in [-0.2, 0) is 9.47 Å². The standard InChI is InChI=1S/C12H20O2/c1-4-5-6-7-8-9-10-11-12(13-2)14-3/h5-6,8-12H,4,7H2,1-3H3/b6-5-,9-8-,11-10+. The average Bonchev–Trinajstić information content (AvgIpc) is 2.22. The topological polar surface area (TPSA) is 18.5 Å². The van der Waals surface area contributed by atoms with Gasteiger partial charge in [-0.15, -0.1) is 0 Å². The Labute approximate surface area is 86.9 Å². The zero-order valence-corrected chi connectivity index (χ0v) is 9.27. The molecule has 0 saturated heterocycles. The number of methoxy groups -OCH3 is 2. The van der Waals surface area contributed by atoms with Crippen molar-refractivity contribution in [1.82, 2.24) is 0 Å². The van der Waals surface area contributed by atoms with Crippen molar-refractivity contribution < 1.29 is 9.47 Å². The van der Waals surface area contributed by atoms with Crippen LogP contribution in [0.5, 0.6) is 0 Å². The van der Waals surface area contributed by atoms with Gasteiger partial charge in [0.1, 0.15) is 0 Å². The van der Waals surface area contributed by atoms with Crippen LogP contribution in [0.4, 0.5) is 0 Å². The minimum atomic E-state index is -0.245. The Morgan fingerprint density at radius 3 is 2.29 bits per heavy atom. The molecule has 2 heteroatoms. The number of ether oxygens (including phenoxy) is 2. The fourth-order valence-electron chi connectivity index (χ4n) is 0.907. The smallest absolute Gasteiger partial charge is 0.176 e. The highest BCUT2D eigenvalue weighted by Gasteiger charge is 1.94. The van der Waals surface area contributed by atoms with E-state index in [1.54, 1.807) is 14.2 Å². The van der Waals surface area contributed by atoms with Gasteiger partial charge in [-0.3, -0.25) is 0 Å². The molecule has 0 amide bonds. The van der Waals surface area contributed by atoms with Gasteiger partial charge in [-0.25, -0.2) is 0 Å². The van der Waals surface area contributed by atoms with E-state index in [1.165, 1.54) is 0 Å². The third-order valence-corrected chi connectivity index (χ3v) is 1.65. The summed E-state index contributed by atoms with van der Waals surface area (Å²) in [4.78, 5) is 0. The van der Waals surface area contributed by atoms with Crippen molar-refractivity contribution in [2.45, 2.75) is 26.1 Å². The minimum Gasteiger partial charge on any atom is -0.352 e. The van der Waals surface area contributed by atoms with Crippen molar-refractivity contribution in [2.24, 2.45) is 0 Å². The van der Waals surface area contributed by atoms with E-state index < -0.39 is 0 Å². The zero-order valence-electron chi connectivity index (χ0n) is 9.27. The van der Waals surface area contributed by atoms with Gasteiger partial charge < -0.3 is 9.47 Å². The van der Waals surface area contributed by atoms with Gasteiger partial charge in [0, 0.05) is 14.2 Å². The predicted octanol–water partition coefficient (Wildman–Crippen LogP) is 3.07. The summed E-state index contributed by atoms with van der Waals surface area (Å²) in [6.07, 6.45) is 14.0. The van der Waals surface area contributed by atoms with Crippen LogP contribution in [0, 0.1) is 0 Å². The van der Waals surface area contributed by atoms with Gasteiger partial charge in [0.05, 0.1) is 0 Å². The van der Waals surface area contributed by atoms with Crippen molar-refractivity contribution in [3.63, 3.8) is 0 Å². The molecule has 14 heavy (non-hydrogen) atoms. The van der Waals surface area contributed by atoms with Gasteiger partial charge in [-0.2, -0.15) is 0 Å². The van der Waals surface area contributed by atoms with Gasteiger partial charge in [0.2, 0.25) is 0 Å². The predicted molar refractivity (Wildman–Crippen MR) is 60.1 cm³/mol. The molecule has 0 rings (SSSR count). The van der Waals surface area contributed by atoms with Crippen molar-refractivity contribution >= 4 is 0 Å². The molecule has 0 N–H and O–H groups in total. The zero-order chi connectivity index (χ0) is 10.6. The van der Waals surface area contributed by atoms with E-state index >= 15 is 0 Å². The maximum absolute atomic E-state index is 4.99. The second kappa shape index (κ2) is 10.2. The molecule has 0 bridgehead atoms. The lowest BCUT2D eigenvalue weighted by Crippen LogP contribution is -2.08. The minimum absolute atomic E-state index is 0.245. The molecule has 80 valence electrons. The fourth-order valence-corrected chi connectivity index (χ4v) is 0.907. The summed E-state index contributed by atoms with van der Waals surface area (Å²) in [7, 11) is 3.23. The fraction of sp³-hybridized carbons (Fsp3) is 0.500. The van der Waals surface area contributed by atoms with Crippen molar-refractivity contribution in [3.05, 3.63) is 36.5 Å². The molecule has 0 aliphatic heterocycles. The first-order valence-corrected chi connectivity index (χ1v) is 4.89. The molecule has 0 heterocycles. The third-order valence-electron chi connectivity index (χ3n) is 1.65. The maximum atomic E-state index is 4.99. The van der Waals surface area contributed by atoms with E-state index in [1.807, 2.05) is 18.2 Å². The van der Waals surface area contributed by atoms with Gasteiger partial charge in [-0.05, 0) is 18.9 Å². The van der Waals surface area contributed by atoms with E-state index in [-0.39, 0.29) is 6.29 Å². The summed E-state index contributed by atoms with van der Waals surface area (Å²) in [5, 5.41) is 0. The average molecular weight is 196 g/mol. The second-order valence-corrected chi connectivity index (χ2v) is 2.77. The lowest BCUT2D eigenvalue weighted by Gasteiger charge is -2.06. The van der Waals surface area contributed by atoms with Crippen molar-refractivity contribution in [1.29, 1.82) is 0 Å². The molecule has 0 aromatic carbocycles. The molecule has 0 atom stereocenters. The summed E-state index contributed by atoms with van der Waals surface area (Å²) < 4.78 is 9.98. The molecule has 2 nitrogen and oxygen atoms in total. The lowest BCUT2D eigenvalue weighted by atomic mass is 10.3. The summed E-state index contributed by atoms with van der Waals surface area (Å²) in [6, 6.07) is 0. The first kappa shape index (κ1) is 13.1. The first-order chi connectivity index (χ1) is 6.85. The monoisotopic (exact) mass is 196 g/mol. The highest BCUT2D eigenvalue weighted by Crippen LogP contribution is 1.94. The Bertz CT molecular complexity index is 188. The van der Waals surface area contributed by atoms with E-state index in [9.17, 15) is 0 Å². The van der Waals surface area contributed by atoms with Crippen LogP contribution in [-0.4, -0.2) is 20.5 Å². The first-order valence-electron chi connectivity index (χ1n) is 4.89. The Morgan fingerprint density at radius 1 is 1.00 bits per heavy atom. The largest absolute Gasteiger partial charge is 0.352 e. The van der Waals surface area contributed by atoms with E-state index in [0.717, 1.165) is 12.8 Å². The van der Waals surface area contributed by atoms with Gasteiger partial charge in [-0.1, -0.05) is 37.3 Å². The van der Waals surface area contributed by atoms with Crippen LogP contribution in [0.3, 0.4) is 0 Å². The van der Waals surface area contributed by atoms with Gasteiger partial charge >= 0.3 is 0 Å². The van der Waals surface area contributed by atoms with Crippen molar-refractivity contribution in [2.75, 3.05) is 14.2 Å². The molecule has 0 saturated carbocycles. The van der Waals surface area contributed by atoms with Crippen molar-refractivity contribution in [3.8, 4) is 0 Å². The molecule has 0 aliphatic carbocycles. The summed E-state index contributed by atoms with van der Waals surface area (Å²) in [6.45, 7) is 2.13. The third kappa shape index (κ3) is 7.77. The Hall–Kier alpha value is -0.860. The van der Waals surface area contributed by atoms with Crippen LogP contribution >= 0.6 is 0 Å². The van der Waals surface area contributed by atoms with Crippen LogP contribution in [0.2, 0.25) is 0 Å². The van der Waals surface area contributed by atoms with Crippen LogP contribution < -0.4 is 0 Å². The quantitative estimate of drug-likeness (QED) is 0.354. The molecule has 0 unspecified atom stereocenters. The number of rotatable bonds is 7. The van der Waals surface area contributed by atoms with E-state index in [0.29, 0.717) is 0 Å². The number of hydrogen-bond acceptors (Lipinski definition) is 2. The Morgan fingerprint density at radius 2 is 1.71 bits per heavy atom. The summed E-state index contributed by atoms with van der Waals surface area (Å²) >= 11 is 0. The number of hydrogen-bond donors (Lipinski definition) is 0. The highest BCUT2D eigenvalue weighted by molar-refractivity contribution is 5.05. The lowest BCUT2D eigenvalue weighted by molar-refractivity contribution is -0.0666. The summed E-state index contributed by atoms with van der Waals surface area (Å²) in [5.74, 6) is 0. The Kier molecular flexibility index (Phi) is 9.59. The normalized spacial score (nSPS) is 12.9. The molecule has 0 spiro atoms. The van der Waals surface area contributed by atoms with E-state index in [4.69, 9.17) is 9.47 Å². The molecule has 0 aromatic heterocycles. The molecular formula is C12H20O2. The van der Waals surface area contributed by atoms with Crippen LogP contribution in [0.15, 0.2) is 36.5 Å². The maximum Gasteiger partial charge on any atom is 0.176 e. The molecule has 0 aromatic rings. The Balaban J connectivity index is 3.63.